The van der Waals surface area contributed by atoms with Crippen molar-refractivity contribution in [2.45, 2.75) is 26.7 Å². The monoisotopic (exact) mass is 189 g/mol. The molecule has 1 N–H and O–H groups in total. The molecule has 0 aliphatic heterocycles. The van der Waals surface area contributed by atoms with Gasteiger partial charge < -0.3 is 4.98 Å². The predicted molar refractivity (Wildman–Crippen MR) is 57.0 cm³/mol. The molecule has 0 saturated heterocycles. The van der Waals surface area contributed by atoms with Gasteiger partial charge in [-0.2, -0.15) is 0 Å². The molecule has 3 nitrogen and oxygen atoms in total. The molecule has 0 amide bonds. The zero-order chi connectivity index (χ0) is 9.97. The van der Waals surface area contributed by atoms with Crippen LogP contribution < -0.4 is 0 Å². The zero-order valence-electron chi connectivity index (χ0n) is 8.62. The van der Waals surface area contributed by atoms with Crippen LogP contribution in [0.1, 0.15) is 26.1 Å². The van der Waals surface area contributed by atoms with Gasteiger partial charge in [-0.25, -0.2) is 9.97 Å². The normalized spacial score (nSPS) is 11.4. The van der Waals surface area contributed by atoms with Crippen molar-refractivity contribution in [1.82, 2.24) is 15.0 Å². The third-order valence-corrected chi connectivity index (χ3v) is 2.26. The van der Waals surface area contributed by atoms with Crippen LogP contribution in [0.15, 0.2) is 18.3 Å². The highest BCUT2D eigenvalue weighted by Crippen LogP contribution is 2.10. The lowest BCUT2D eigenvalue weighted by Crippen LogP contribution is -1.93. The lowest BCUT2D eigenvalue weighted by molar-refractivity contribution is 0.577. The van der Waals surface area contributed by atoms with Crippen LogP contribution in [0, 0.1) is 5.92 Å². The van der Waals surface area contributed by atoms with Crippen LogP contribution in [0.25, 0.3) is 11.2 Å². The molecule has 14 heavy (non-hydrogen) atoms. The highest BCUT2D eigenvalue weighted by Gasteiger charge is 2.03. The maximum Gasteiger partial charge on any atom is 0.177 e. The van der Waals surface area contributed by atoms with E-state index in [0.29, 0.717) is 0 Å². The van der Waals surface area contributed by atoms with Gasteiger partial charge in [0.1, 0.15) is 5.82 Å². The number of aromatic nitrogens is 3. The maximum absolute atomic E-state index is 4.42. The number of aromatic amines is 1. The first-order chi connectivity index (χ1) is 6.75. The Kier molecular flexibility index (Phi) is 2.48. The minimum Gasteiger partial charge on any atom is -0.341 e. The largest absolute Gasteiger partial charge is 0.341 e. The zero-order valence-corrected chi connectivity index (χ0v) is 8.62. The van der Waals surface area contributed by atoms with E-state index in [1.165, 1.54) is 6.42 Å². The molecule has 0 spiro atoms. The Morgan fingerprint density at radius 2 is 2.29 bits per heavy atom. The lowest BCUT2D eigenvalue weighted by atomic mass is 10.1. The summed E-state index contributed by atoms with van der Waals surface area (Å²) in [5, 5.41) is 0. The average molecular weight is 189 g/mol. The van der Waals surface area contributed by atoms with Crippen LogP contribution in [0.4, 0.5) is 0 Å². The van der Waals surface area contributed by atoms with Gasteiger partial charge in [-0.05, 0) is 24.5 Å². The molecule has 2 aromatic heterocycles. The summed E-state index contributed by atoms with van der Waals surface area (Å²) in [4.78, 5) is 11.9. The third-order valence-electron chi connectivity index (χ3n) is 2.26. The van der Waals surface area contributed by atoms with Gasteiger partial charge >= 0.3 is 0 Å². The maximum atomic E-state index is 4.42. The molecule has 0 unspecified atom stereocenters. The minimum absolute atomic E-state index is 0.719. The number of hydrogen-bond donors (Lipinski definition) is 1. The van der Waals surface area contributed by atoms with E-state index in [2.05, 4.69) is 28.8 Å². The smallest absolute Gasteiger partial charge is 0.177 e. The van der Waals surface area contributed by atoms with E-state index < -0.39 is 0 Å². The molecule has 0 radical (unpaired) electrons. The molecule has 2 heterocycles. The molecule has 2 aromatic rings. The van der Waals surface area contributed by atoms with Gasteiger partial charge in [0.05, 0.1) is 5.52 Å². The molecule has 0 bridgehead atoms. The second-order valence-corrected chi connectivity index (χ2v) is 3.99. The molecule has 0 fully saturated rings. The second-order valence-electron chi connectivity index (χ2n) is 3.99. The van der Waals surface area contributed by atoms with Gasteiger partial charge in [-0.1, -0.05) is 13.8 Å². The Balaban J connectivity index is 2.19. The molecular formula is C11H15N3. The van der Waals surface area contributed by atoms with Crippen LogP contribution in [-0.4, -0.2) is 15.0 Å². The summed E-state index contributed by atoms with van der Waals surface area (Å²) >= 11 is 0. The number of aryl methyl sites for hydroxylation is 1. The van der Waals surface area contributed by atoms with Gasteiger partial charge in [0, 0.05) is 12.6 Å². The van der Waals surface area contributed by atoms with E-state index in [0.717, 1.165) is 29.3 Å². The quantitative estimate of drug-likeness (QED) is 0.806. The number of nitrogens with zero attached hydrogens (tertiary/aromatic N) is 2. The standard InChI is InChI=1S/C11H15N3/c1-8(2)5-6-10-13-9-4-3-7-12-11(9)14-10/h3-4,7-8H,5-6H2,1-2H3,(H,12,13,14). The minimum atomic E-state index is 0.719. The summed E-state index contributed by atoms with van der Waals surface area (Å²) in [6.45, 7) is 4.45. The molecule has 0 atom stereocenters. The van der Waals surface area contributed by atoms with Gasteiger partial charge in [0.15, 0.2) is 5.65 Å². The van der Waals surface area contributed by atoms with E-state index in [-0.39, 0.29) is 0 Å². The highest BCUT2D eigenvalue weighted by atomic mass is 15.0. The average Bonchev–Trinajstić information content (AvgIpc) is 2.57. The van der Waals surface area contributed by atoms with Crippen molar-refractivity contribution in [2.75, 3.05) is 0 Å². The lowest BCUT2D eigenvalue weighted by Gasteiger charge is -2.00. The molecule has 74 valence electrons. The van der Waals surface area contributed by atoms with E-state index >= 15 is 0 Å². The molecular weight excluding hydrogens is 174 g/mol. The first-order valence-electron chi connectivity index (χ1n) is 5.05. The molecule has 2 rings (SSSR count). The van der Waals surface area contributed by atoms with Gasteiger partial charge in [-0.15, -0.1) is 0 Å². The van der Waals surface area contributed by atoms with Crippen LogP contribution in [0.5, 0.6) is 0 Å². The Morgan fingerprint density at radius 1 is 1.43 bits per heavy atom. The number of H-pyrrole nitrogens is 1. The van der Waals surface area contributed by atoms with E-state index in [1.807, 2.05) is 12.1 Å². The Bertz CT molecular complexity index is 384. The Morgan fingerprint density at radius 3 is 3.00 bits per heavy atom. The number of rotatable bonds is 3. The number of imidazole rings is 1. The number of pyridine rings is 1. The van der Waals surface area contributed by atoms with Crippen molar-refractivity contribution < 1.29 is 0 Å². The van der Waals surface area contributed by atoms with Crippen LogP contribution >= 0.6 is 0 Å². The third kappa shape index (κ3) is 1.92. The highest BCUT2D eigenvalue weighted by molar-refractivity contribution is 5.69. The number of nitrogens with one attached hydrogen (secondary N) is 1. The fraction of sp³-hybridized carbons (Fsp3) is 0.455. The van der Waals surface area contributed by atoms with Crippen molar-refractivity contribution in [3.63, 3.8) is 0 Å². The van der Waals surface area contributed by atoms with Gasteiger partial charge in [0.25, 0.3) is 0 Å². The van der Waals surface area contributed by atoms with Crippen molar-refractivity contribution in [1.29, 1.82) is 0 Å². The van der Waals surface area contributed by atoms with E-state index in [9.17, 15) is 0 Å². The van der Waals surface area contributed by atoms with Crippen molar-refractivity contribution in [3.8, 4) is 0 Å². The van der Waals surface area contributed by atoms with Crippen molar-refractivity contribution in [3.05, 3.63) is 24.2 Å². The molecule has 0 aliphatic rings. The van der Waals surface area contributed by atoms with Crippen molar-refractivity contribution in [2.24, 2.45) is 5.92 Å². The van der Waals surface area contributed by atoms with Gasteiger partial charge in [-0.3, -0.25) is 0 Å². The fourth-order valence-electron chi connectivity index (χ4n) is 1.44. The summed E-state index contributed by atoms with van der Waals surface area (Å²) in [6, 6.07) is 3.93. The summed E-state index contributed by atoms with van der Waals surface area (Å²) in [7, 11) is 0. The Hall–Kier alpha value is -1.38. The van der Waals surface area contributed by atoms with Gasteiger partial charge in [0.2, 0.25) is 0 Å². The topological polar surface area (TPSA) is 41.6 Å². The van der Waals surface area contributed by atoms with Crippen molar-refractivity contribution >= 4 is 11.2 Å². The van der Waals surface area contributed by atoms with Crippen LogP contribution in [-0.2, 0) is 6.42 Å². The first kappa shape index (κ1) is 9.19. The Labute approximate surface area is 83.6 Å². The second kappa shape index (κ2) is 3.78. The summed E-state index contributed by atoms with van der Waals surface area (Å²) in [6.07, 6.45) is 3.95. The molecule has 0 aromatic carbocycles. The number of hydrogen-bond acceptors (Lipinski definition) is 2. The van der Waals surface area contributed by atoms with Crippen LogP contribution in [0.3, 0.4) is 0 Å². The molecule has 0 aliphatic carbocycles. The van der Waals surface area contributed by atoms with E-state index in [4.69, 9.17) is 0 Å². The predicted octanol–water partition coefficient (Wildman–Crippen LogP) is 2.55. The summed E-state index contributed by atoms with van der Waals surface area (Å²) in [5.41, 5.74) is 1.86. The molecule has 3 heteroatoms. The SMILES string of the molecule is CC(C)CCc1nc2ncccc2[nH]1. The fourth-order valence-corrected chi connectivity index (χ4v) is 1.44. The molecule has 0 saturated carbocycles. The summed E-state index contributed by atoms with van der Waals surface area (Å²) < 4.78 is 0. The van der Waals surface area contributed by atoms with Crippen LogP contribution in [0.2, 0.25) is 0 Å². The summed E-state index contributed by atoms with van der Waals surface area (Å²) in [5.74, 6) is 1.77. The first-order valence-corrected chi connectivity index (χ1v) is 5.05. The van der Waals surface area contributed by atoms with E-state index in [1.54, 1.807) is 6.20 Å². The number of fused-ring (bicyclic) bond motifs is 1.